The normalized spacial score (nSPS) is 16.3. The van der Waals surface area contributed by atoms with E-state index in [1.807, 2.05) is 19.1 Å². The highest BCUT2D eigenvalue weighted by Gasteiger charge is 2.27. The minimum atomic E-state index is -1.01. The first-order valence-corrected chi connectivity index (χ1v) is 12.5. The van der Waals surface area contributed by atoms with Gasteiger partial charge in [-0.05, 0) is 92.9 Å². The van der Waals surface area contributed by atoms with Crippen molar-refractivity contribution in [1.29, 1.82) is 0 Å². The molecule has 0 radical (unpaired) electrons. The van der Waals surface area contributed by atoms with Crippen LogP contribution >= 0.6 is 0 Å². The Balaban J connectivity index is 1.13. The van der Waals surface area contributed by atoms with Gasteiger partial charge in [0.15, 0.2) is 5.69 Å². The van der Waals surface area contributed by atoms with Crippen LogP contribution in [-0.4, -0.2) is 55.6 Å². The number of fused-ring (bicyclic) bond motifs is 4. The second-order valence-corrected chi connectivity index (χ2v) is 9.75. The maximum absolute atomic E-state index is 11.5. The lowest BCUT2D eigenvalue weighted by Gasteiger charge is -2.33. The zero-order chi connectivity index (χ0) is 23.9. The number of carboxylic acid groups (broad SMARTS) is 1. The predicted octanol–water partition coefficient (Wildman–Crippen LogP) is 4.34. The van der Waals surface area contributed by atoms with Gasteiger partial charge >= 0.3 is 5.97 Å². The van der Waals surface area contributed by atoms with E-state index < -0.39 is 5.97 Å². The van der Waals surface area contributed by atoms with Crippen molar-refractivity contribution < 1.29 is 9.90 Å². The Bertz CT molecular complexity index is 1420. The summed E-state index contributed by atoms with van der Waals surface area (Å²) in [5, 5.41) is 18.7. The number of aromatic carboxylic acids is 1. The summed E-state index contributed by atoms with van der Waals surface area (Å²) in [7, 11) is 0. The van der Waals surface area contributed by atoms with Gasteiger partial charge in [-0.1, -0.05) is 35.5 Å². The minimum absolute atomic E-state index is 0.0704. The predicted molar refractivity (Wildman–Crippen MR) is 134 cm³/mol. The highest BCUT2D eigenvalue weighted by molar-refractivity contribution is 5.87. The van der Waals surface area contributed by atoms with Gasteiger partial charge in [-0.25, -0.2) is 9.48 Å². The zero-order valence-electron chi connectivity index (χ0n) is 19.9. The Labute approximate surface area is 204 Å². The molecule has 2 aromatic carbocycles. The monoisotopic (exact) mass is 467 g/mol. The largest absolute Gasteiger partial charge is 0.476 e. The molecule has 4 aromatic rings. The Morgan fingerprint density at radius 1 is 1.06 bits per heavy atom. The minimum Gasteiger partial charge on any atom is -0.476 e. The summed E-state index contributed by atoms with van der Waals surface area (Å²) in [6, 6.07) is 17.2. The molecule has 0 saturated carbocycles. The molecule has 7 nitrogen and oxygen atoms in total. The third-order valence-corrected chi connectivity index (χ3v) is 7.68. The van der Waals surface area contributed by atoms with Gasteiger partial charge in [0.25, 0.3) is 0 Å². The van der Waals surface area contributed by atoms with Gasteiger partial charge in [-0.2, -0.15) is 0 Å². The number of hydrogen-bond donors (Lipinski definition) is 1. The summed E-state index contributed by atoms with van der Waals surface area (Å²) in [6.45, 7) is 5.28. The standard InChI is InChI=1S/C28H29N5O2/c1-18-8-9-23-21(5-3-6-24(23)29-18)20-13-16-32(17-14-20)15-12-19-4-2-7-25-22(19)10-11-26-27(28(34)35)30-31-33(25)26/h2-9,20H,10-17H2,1H3,(H,34,35). The van der Waals surface area contributed by atoms with E-state index in [1.54, 1.807) is 4.68 Å². The smallest absolute Gasteiger partial charge is 0.358 e. The Hall–Kier alpha value is -3.58. The number of likely N-dealkylation sites (tertiary alicyclic amines) is 1. The Kier molecular flexibility index (Phi) is 5.57. The fourth-order valence-electron chi connectivity index (χ4n) is 5.85. The maximum Gasteiger partial charge on any atom is 0.358 e. The molecule has 6 rings (SSSR count). The molecule has 0 bridgehead atoms. The van der Waals surface area contributed by atoms with Crippen molar-refractivity contribution in [3.8, 4) is 5.69 Å². The fraction of sp³-hybridized carbons (Fsp3) is 0.357. The first kappa shape index (κ1) is 21.9. The van der Waals surface area contributed by atoms with Crippen molar-refractivity contribution in [3.63, 3.8) is 0 Å². The molecule has 0 aliphatic carbocycles. The van der Waals surface area contributed by atoms with E-state index in [1.165, 1.54) is 34.9 Å². The third kappa shape index (κ3) is 4.00. The summed E-state index contributed by atoms with van der Waals surface area (Å²) in [4.78, 5) is 18.8. The van der Waals surface area contributed by atoms with E-state index in [4.69, 9.17) is 4.98 Å². The van der Waals surface area contributed by atoms with Crippen LogP contribution in [-0.2, 0) is 19.3 Å². The maximum atomic E-state index is 11.5. The van der Waals surface area contributed by atoms with E-state index in [-0.39, 0.29) is 5.69 Å². The molecule has 1 saturated heterocycles. The van der Waals surface area contributed by atoms with E-state index in [0.29, 0.717) is 18.0 Å². The number of benzene rings is 2. The summed E-state index contributed by atoms with van der Waals surface area (Å²) in [5.74, 6) is -0.428. The highest BCUT2D eigenvalue weighted by atomic mass is 16.4. The number of aromatic nitrogens is 4. The molecule has 1 N–H and O–H groups in total. The number of rotatable bonds is 5. The van der Waals surface area contributed by atoms with Gasteiger partial charge in [-0.15, -0.1) is 5.10 Å². The lowest BCUT2D eigenvalue weighted by Crippen LogP contribution is -2.34. The molecule has 35 heavy (non-hydrogen) atoms. The van der Waals surface area contributed by atoms with Crippen LogP contribution in [0.1, 0.15) is 57.3 Å². The number of hydrogen-bond acceptors (Lipinski definition) is 5. The van der Waals surface area contributed by atoms with Crippen LogP contribution < -0.4 is 0 Å². The van der Waals surface area contributed by atoms with E-state index in [2.05, 4.69) is 51.6 Å². The lowest BCUT2D eigenvalue weighted by atomic mass is 9.87. The van der Waals surface area contributed by atoms with Crippen LogP contribution in [0.25, 0.3) is 16.6 Å². The second-order valence-electron chi connectivity index (χ2n) is 9.75. The van der Waals surface area contributed by atoms with Crippen LogP contribution in [0.3, 0.4) is 0 Å². The van der Waals surface area contributed by atoms with Gasteiger partial charge < -0.3 is 10.0 Å². The molecule has 0 spiro atoms. The first-order valence-electron chi connectivity index (χ1n) is 12.5. The van der Waals surface area contributed by atoms with E-state index in [9.17, 15) is 9.90 Å². The number of carbonyl (C=O) groups is 1. The summed E-state index contributed by atoms with van der Waals surface area (Å²) < 4.78 is 1.72. The number of pyridine rings is 1. The van der Waals surface area contributed by atoms with Gasteiger partial charge in [0, 0.05) is 17.6 Å². The molecule has 178 valence electrons. The fourth-order valence-corrected chi connectivity index (χ4v) is 5.85. The molecule has 2 aliphatic rings. The second kappa shape index (κ2) is 8.89. The molecule has 2 aromatic heterocycles. The number of aryl methyl sites for hydroxylation is 1. The quantitative estimate of drug-likeness (QED) is 0.470. The van der Waals surface area contributed by atoms with Crippen LogP contribution in [0.15, 0.2) is 48.5 Å². The molecule has 0 unspecified atom stereocenters. The molecular weight excluding hydrogens is 438 g/mol. The Morgan fingerprint density at radius 2 is 1.89 bits per heavy atom. The topological polar surface area (TPSA) is 84.1 Å². The average molecular weight is 468 g/mol. The van der Waals surface area contributed by atoms with Crippen molar-refractivity contribution in [2.75, 3.05) is 19.6 Å². The van der Waals surface area contributed by atoms with Crippen molar-refractivity contribution in [1.82, 2.24) is 24.9 Å². The van der Waals surface area contributed by atoms with E-state index >= 15 is 0 Å². The van der Waals surface area contributed by atoms with Crippen molar-refractivity contribution >= 4 is 16.9 Å². The van der Waals surface area contributed by atoms with Crippen LogP contribution in [0, 0.1) is 6.92 Å². The highest BCUT2D eigenvalue weighted by Crippen LogP contribution is 2.33. The van der Waals surface area contributed by atoms with Crippen molar-refractivity contribution in [2.24, 2.45) is 0 Å². The molecule has 7 heteroatoms. The van der Waals surface area contributed by atoms with Crippen molar-refractivity contribution in [2.45, 2.75) is 44.9 Å². The zero-order valence-corrected chi connectivity index (χ0v) is 19.9. The Morgan fingerprint density at radius 3 is 2.71 bits per heavy atom. The number of carboxylic acids is 1. The van der Waals surface area contributed by atoms with Gasteiger partial charge in [0.05, 0.1) is 16.9 Å². The summed E-state index contributed by atoms with van der Waals surface area (Å²) in [5.41, 5.74) is 7.95. The molecule has 0 atom stereocenters. The van der Waals surface area contributed by atoms with Gasteiger partial charge in [-0.3, -0.25) is 4.98 Å². The SMILES string of the molecule is Cc1ccc2c(C3CCN(CCc4cccc5c4CCc4c(C(=O)O)nnn4-5)CC3)cccc2n1. The molecule has 2 aliphatic heterocycles. The van der Waals surface area contributed by atoms with Crippen LogP contribution in [0.5, 0.6) is 0 Å². The number of piperidine rings is 1. The van der Waals surface area contributed by atoms with Gasteiger partial charge in [0.1, 0.15) is 0 Å². The molecular formula is C28H29N5O2. The van der Waals surface area contributed by atoms with Gasteiger partial charge in [0.2, 0.25) is 0 Å². The third-order valence-electron chi connectivity index (χ3n) is 7.68. The number of nitrogens with zero attached hydrogens (tertiary/aromatic N) is 5. The summed E-state index contributed by atoms with van der Waals surface area (Å²) >= 11 is 0. The lowest BCUT2D eigenvalue weighted by molar-refractivity contribution is 0.0689. The molecule has 1 fully saturated rings. The summed E-state index contributed by atoms with van der Waals surface area (Å²) in [6.07, 6.45) is 4.81. The molecule has 0 amide bonds. The van der Waals surface area contributed by atoms with Crippen LogP contribution in [0.4, 0.5) is 0 Å². The van der Waals surface area contributed by atoms with Crippen molar-refractivity contribution in [3.05, 3.63) is 82.3 Å². The first-order chi connectivity index (χ1) is 17.1. The average Bonchev–Trinajstić information content (AvgIpc) is 3.32. The van der Waals surface area contributed by atoms with Crippen LogP contribution in [0.2, 0.25) is 0 Å². The molecule has 4 heterocycles. The van der Waals surface area contributed by atoms with E-state index in [0.717, 1.165) is 49.4 Å².